The SMILES string of the molecule is COCc1cccc(CNC(C)C2CC2)c1. The fourth-order valence-electron chi connectivity index (χ4n) is 2.04. The van der Waals surface area contributed by atoms with Crippen molar-refractivity contribution in [2.45, 2.75) is 39.0 Å². The van der Waals surface area contributed by atoms with Gasteiger partial charge < -0.3 is 10.1 Å². The standard InChI is InChI=1S/C14H21NO/c1-11(14-6-7-14)15-9-12-4-3-5-13(8-12)10-16-2/h3-5,8,11,14-15H,6-7,9-10H2,1-2H3. The van der Waals surface area contributed by atoms with E-state index in [-0.39, 0.29) is 0 Å². The number of ether oxygens (including phenoxy) is 1. The third-order valence-corrected chi connectivity index (χ3v) is 3.26. The molecular formula is C14H21NO. The Morgan fingerprint density at radius 3 is 2.81 bits per heavy atom. The Hall–Kier alpha value is -0.860. The molecule has 2 nitrogen and oxygen atoms in total. The normalized spacial score (nSPS) is 17.4. The van der Waals surface area contributed by atoms with Gasteiger partial charge in [0, 0.05) is 19.7 Å². The molecule has 1 aromatic carbocycles. The first-order chi connectivity index (χ1) is 7.79. The zero-order chi connectivity index (χ0) is 11.4. The maximum atomic E-state index is 5.14. The first-order valence-corrected chi connectivity index (χ1v) is 6.09. The van der Waals surface area contributed by atoms with Gasteiger partial charge in [0.2, 0.25) is 0 Å². The Balaban J connectivity index is 1.85. The van der Waals surface area contributed by atoms with Gasteiger partial charge in [-0.25, -0.2) is 0 Å². The lowest BCUT2D eigenvalue weighted by molar-refractivity contribution is 0.185. The molecule has 0 spiro atoms. The molecule has 0 aromatic heterocycles. The van der Waals surface area contributed by atoms with Crippen LogP contribution in [0.4, 0.5) is 0 Å². The fourth-order valence-corrected chi connectivity index (χ4v) is 2.04. The topological polar surface area (TPSA) is 21.3 Å². The van der Waals surface area contributed by atoms with Crippen LogP contribution in [0, 0.1) is 5.92 Å². The summed E-state index contributed by atoms with van der Waals surface area (Å²) in [6.45, 7) is 3.96. The second-order valence-corrected chi connectivity index (χ2v) is 4.76. The van der Waals surface area contributed by atoms with Crippen molar-refractivity contribution >= 4 is 0 Å². The highest BCUT2D eigenvalue weighted by molar-refractivity contribution is 5.22. The summed E-state index contributed by atoms with van der Waals surface area (Å²) in [5, 5.41) is 3.59. The van der Waals surface area contributed by atoms with E-state index in [2.05, 4.69) is 36.5 Å². The lowest BCUT2D eigenvalue weighted by Gasteiger charge is -2.13. The third kappa shape index (κ3) is 3.32. The maximum absolute atomic E-state index is 5.14. The summed E-state index contributed by atoms with van der Waals surface area (Å²) in [4.78, 5) is 0. The zero-order valence-corrected chi connectivity index (χ0v) is 10.2. The Bertz CT molecular complexity index is 333. The molecule has 0 heterocycles. The van der Waals surface area contributed by atoms with Crippen molar-refractivity contribution in [3.05, 3.63) is 35.4 Å². The van der Waals surface area contributed by atoms with E-state index in [0.29, 0.717) is 12.6 Å². The number of methoxy groups -OCH3 is 1. The summed E-state index contributed by atoms with van der Waals surface area (Å²) >= 11 is 0. The Morgan fingerprint density at radius 1 is 1.38 bits per heavy atom. The van der Waals surface area contributed by atoms with E-state index in [1.165, 1.54) is 24.0 Å². The van der Waals surface area contributed by atoms with Crippen molar-refractivity contribution in [2.75, 3.05) is 7.11 Å². The summed E-state index contributed by atoms with van der Waals surface area (Å²) in [5.41, 5.74) is 2.60. The number of hydrogen-bond donors (Lipinski definition) is 1. The molecule has 0 amide bonds. The predicted molar refractivity (Wildman–Crippen MR) is 66.2 cm³/mol. The molecular weight excluding hydrogens is 198 g/mol. The number of rotatable bonds is 6. The van der Waals surface area contributed by atoms with E-state index < -0.39 is 0 Å². The van der Waals surface area contributed by atoms with E-state index in [1.54, 1.807) is 7.11 Å². The quantitative estimate of drug-likeness (QED) is 0.794. The lowest BCUT2D eigenvalue weighted by Crippen LogP contribution is -2.27. The Morgan fingerprint density at radius 2 is 2.12 bits per heavy atom. The van der Waals surface area contributed by atoms with E-state index in [0.717, 1.165) is 12.5 Å². The first kappa shape index (κ1) is 11.6. The second kappa shape index (κ2) is 5.46. The number of hydrogen-bond acceptors (Lipinski definition) is 2. The van der Waals surface area contributed by atoms with Crippen molar-refractivity contribution < 1.29 is 4.74 Å². The van der Waals surface area contributed by atoms with Gasteiger partial charge in [0.05, 0.1) is 6.61 Å². The average Bonchev–Trinajstić information content (AvgIpc) is 3.11. The van der Waals surface area contributed by atoms with Gasteiger partial charge in [-0.15, -0.1) is 0 Å². The summed E-state index contributed by atoms with van der Waals surface area (Å²) in [6, 6.07) is 9.26. The predicted octanol–water partition coefficient (Wildman–Crippen LogP) is 2.72. The Labute approximate surface area is 98.0 Å². The van der Waals surface area contributed by atoms with Crippen LogP contribution in [-0.2, 0) is 17.9 Å². The molecule has 0 saturated heterocycles. The monoisotopic (exact) mass is 219 g/mol. The van der Waals surface area contributed by atoms with Crippen molar-refractivity contribution in [2.24, 2.45) is 5.92 Å². The molecule has 0 bridgehead atoms. The van der Waals surface area contributed by atoms with Crippen molar-refractivity contribution in [1.29, 1.82) is 0 Å². The average molecular weight is 219 g/mol. The molecule has 1 aliphatic carbocycles. The van der Waals surface area contributed by atoms with Gasteiger partial charge in [-0.05, 0) is 36.8 Å². The van der Waals surface area contributed by atoms with Crippen LogP contribution in [0.1, 0.15) is 30.9 Å². The molecule has 1 atom stereocenters. The van der Waals surface area contributed by atoms with Crippen LogP contribution in [0.2, 0.25) is 0 Å². The van der Waals surface area contributed by atoms with E-state index in [4.69, 9.17) is 4.74 Å². The molecule has 88 valence electrons. The van der Waals surface area contributed by atoms with Crippen molar-refractivity contribution in [3.63, 3.8) is 0 Å². The van der Waals surface area contributed by atoms with Crippen LogP contribution in [0.3, 0.4) is 0 Å². The van der Waals surface area contributed by atoms with Crippen LogP contribution in [0.5, 0.6) is 0 Å². The largest absolute Gasteiger partial charge is 0.380 e. The molecule has 2 rings (SSSR count). The van der Waals surface area contributed by atoms with Gasteiger partial charge >= 0.3 is 0 Å². The van der Waals surface area contributed by atoms with Crippen LogP contribution in [0.15, 0.2) is 24.3 Å². The molecule has 1 aromatic rings. The number of benzene rings is 1. The Kier molecular flexibility index (Phi) is 3.97. The molecule has 0 radical (unpaired) electrons. The zero-order valence-electron chi connectivity index (χ0n) is 10.2. The van der Waals surface area contributed by atoms with Gasteiger partial charge in [0.25, 0.3) is 0 Å². The van der Waals surface area contributed by atoms with Gasteiger partial charge in [-0.1, -0.05) is 24.3 Å². The lowest BCUT2D eigenvalue weighted by atomic mass is 10.1. The van der Waals surface area contributed by atoms with Gasteiger partial charge in [0.15, 0.2) is 0 Å². The minimum Gasteiger partial charge on any atom is -0.380 e. The molecule has 2 heteroatoms. The molecule has 1 saturated carbocycles. The van der Waals surface area contributed by atoms with Crippen molar-refractivity contribution in [1.82, 2.24) is 5.32 Å². The van der Waals surface area contributed by atoms with Gasteiger partial charge in [-0.2, -0.15) is 0 Å². The van der Waals surface area contributed by atoms with Crippen LogP contribution < -0.4 is 5.32 Å². The summed E-state index contributed by atoms with van der Waals surface area (Å²) in [7, 11) is 1.74. The van der Waals surface area contributed by atoms with Crippen LogP contribution >= 0.6 is 0 Å². The molecule has 1 fully saturated rings. The van der Waals surface area contributed by atoms with E-state index >= 15 is 0 Å². The molecule has 0 aliphatic heterocycles. The first-order valence-electron chi connectivity index (χ1n) is 6.09. The minimum absolute atomic E-state index is 0.658. The third-order valence-electron chi connectivity index (χ3n) is 3.26. The summed E-state index contributed by atoms with van der Waals surface area (Å²) in [5.74, 6) is 0.919. The fraction of sp³-hybridized carbons (Fsp3) is 0.571. The molecule has 1 aliphatic rings. The summed E-state index contributed by atoms with van der Waals surface area (Å²) < 4.78 is 5.14. The van der Waals surface area contributed by atoms with Crippen LogP contribution in [0.25, 0.3) is 0 Å². The number of nitrogens with one attached hydrogen (secondary N) is 1. The van der Waals surface area contributed by atoms with E-state index in [9.17, 15) is 0 Å². The van der Waals surface area contributed by atoms with Gasteiger partial charge in [0.1, 0.15) is 0 Å². The minimum atomic E-state index is 0.658. The molecule has 1 N–H and O–H groups in total. The smallest absolute Gasteiger partial charge is 0.0713 e. The maximum Gasteiger partial charge on any atom is 0.0713 e. The molecule has 1 unspecified atom stereocenters. The second-order valence-electron chi connectivity index (χ2n) is 4.76. The highest BCUT2D eigenvalue weighted by Gasteiger charge is 2.27. The van der Waals surface area contributed by atoms with Crippen molar-refractivity contribution in [3.8, 4) is 0 Å². The van der Waals surface area contributed by atoms with Gasteiger partial charge in [-0.3, -0.25) is 0 Å². The highest BCUT2D eigenvalue weighted by Crippen LogP contribution is 2.32. The van der Waals surface area contributed by atoms with E-state index in [1.807, 2.05) is 0 Å². The molecule has 16 heavy (non-hydrogen) atoms. The van der Waals surface area contributed by atoms with Crippen LogP contribution in [-0.4, -0.2) is 13.2 Å². The highest BCUT2D eigenvalue weighted by atomic mass is 16.5. The summed E-state index contributed by atoms with van der Waals surface area (Å²) in [6.07, 6.45) is 2.80.